The van der Waals surface area contributed by atoms with E-state index in [9.17, 15) is 0 Å². The van der Waals surface area contributed by atoms with Crippen LogP contribution in [0.15, 0.2) is 45.5 Å². The van der Waals surface area contributed by atoms with Crippen LogP contribution in [0.4, 0.5) is 0 Å². The second-order valence-corrected chi connectivity index (χ2v) is 8.40. The van der Waals surface area contributed by atoms with Gasteiger partial charge in [0.1, 0.15) is 15.3 Å². The number of halogens is 2. The van der Waals surface area contributed by atoms with Gasteiger partial charge in [-0.3, -0.25) is 0 Å². The van der Waals surface area contributed by atoms with Crippen LogP contribution in [0, 0.1) is 0 Å². The SMILES string of the molecule is COc1cc(-c2nn3c(Br)c(-c4ccc(Br)cc4)nc3s2)cc(OC)c1OC. The Hall–Kier alpha value is -2.10. The molecule has 0 amide bonds. The second kappa shape index (κ2) is 7.73. The number of methoxy groups -OCH3 is 3. The first-order chi connectivity index (χ1) is 13.5. The van der Waals surface area contributed by atoms with Gasteiger partial charge in [0.25, 0.3) is 0 Å². The van der Waals surface area contributed by atoms with Crippen molar-refractivity contribution in [1.82, 2.24) is 14.6 Å². The number of hydrogen-bond donors (Lipinski definition) is 0. The zero-order valence-corrected chi connectivity index (χ0v) is 19.2. The number of aromatic nitrogens is 3. The van der Waals surface area contributed by atoms with E-state index in [4.69, 9.17) is 24.3 Å². The van der Waals surface area contributed by atoms with Crippen LogP contribution in [0.25, 0.3) is 26.8 Å². The molecule has 6 nitrogen and oxygen atoms in total. The maximum absolute atomic E-state index is 5.44. The van der Waals surface area contributed by atoms with E-state index in [2.05, 4.69) is 31.9 Å². The van der Waals surface area contributed by atoms with Gasteiger partial charge < -0.3 is 14.2 Å². The van der Waals surface area contributed by atoms with E-state index < -0.39 is 0 Å². The second-order valence-electron chi connectivity index (χ2n) is 5.77. The molecule has 9 heteroatoms. The van der Waals surface area contributed by atoms with Crippen molar-refractivity contribution < 1.29 is 14.2 Å². The first-order valence-electron chi connectivity index (χ1n) is 8.17. The minimum absolute atomic E-state index is 0.550. The highest BCUT2D eigenvalue weighted by Crippen LogP contribution is 2.42. The zero-order chi connectivity index (χ0) is 19.8. The minimum atomic E-state index is 0.550. The maximum Gasteiger partial charge on any atom is 0.214 e. The summed E-state index contributed by atoms with van der Waals surface area (Å²) in [6, 6.07) is 11.8. The molecule has 0 spiro atoms. The van der Waals surface area contributed by atoms with Crippen LogP contribution in [0.3, 0.4) is 0 Å². The van der Waals surface area contributed by atoms with Gasteiger partial charge in [0.2, 0.25) is 10.7 Å². The molecule has 0 fully saturated rings. The van der Waals surface area contributed by atoms with Crippen LogP contribution in [0.1, 0.15) is 0 Å². The van der Waals surface area contributed by atoms with Crippen molar-refractivity contribution in [3.8, 4) is 39.1 Å². The molecule has 0 radical (unpaired) electrons. The van der Waals surface area contributed by atoms with Crippen LogP contribution >= 0.6 is 43.2 Å². The molecule has 0 N–H and O–H groups in total. The summed E-state index contributed by atoms with van der Waals surface area (Å²) in [5.41, 5.74) is 2.73. The molecular formula is C19H15Br2N3O3S. The van der Waals surface area contributed by atoms with E-state index in [1.54, 1.807) is 25.8 Å². The fraction of sp³-hybridized carbons (Fsp3) is 0.158. The standard InChI is InChI=1S/C19H15Br2N3O3S/c1-25-13-8-11(9-14(26-2)16(13)27-3)18-23-24-17(21)15(22-19(24)28-18)10-4-6-12(20)7-5-10/h4-9H,1-3H3. The van der Waals surface area contributed by atoms with Crippen molar-refractivity contribution in [2.45, 2.75) is 0 Å². The number of imidazole rings is 1. The van der Waals surface area contributed by atoms with Gasteiger partial charge in [-0.2, -0.15) is 9.61 Å². The van der Waals surface area contributed by atoms with Gasteiger partial charge in [-0.1, -0.05) is 39.4 Å². The van der Waals surface area contributed by atoms with E-state index in [0.717, 1.165) is 35.9 Å². The highest BCUT2D eigenvalue weighted by Gasteiger charge is 2.20. The Morgan fingerprint density at radius 1 is 0.893 bits per heavy atom. The van der Waals surface area contributed by atoms with Gasteiger partial charge >= 0.3 is 0 Å². The number of hydrogen-bond acceptors (Lipinski definition) is 6. The van der Waals surface area contributed by atoms with Crippen LogP contribution < -0.4 is 14.2 Å². The number of rotatable bonds is 5. The normalized spacial score (nSPS) is 11.0. The summed E-state index contributed by atoms with van der Waals surface area (Å²) in [7, 11) is 4.77. The van der Waals surface area contributed by atoms with Gasteiger partial charge in [0.15, 0.2) is 11.5 Å². The van der Waals surface area contributed by atoms with E-state index in [-0.39, 0.29) is 0 Å². The monoisotopic (exact) mass is 523 g/mol. The van der Waals surface area contributed by atoms with Crippen molar-refractivity contribution in [3.05, 3.63) is 45.5 Å². The lowest BCUT2D eigenvalue weighted by atomic mass is 10.2. The summed E-state index contributed by atoms with van der Waals surface area (Å²) >= 11 is 8.58. The van der Waals surface area contributed by atoms with Crippen LogP contribution in [-0.4, -0.2) is 35.9 Å². The maximum atomic E-state index is 5.44. The molecule has 0 saturated carbocycles. The number of fused-ring (bicyclic) bond motifs is 1. The molecule has 4 aromatic rings. The third-order valence-electron chi connectivity index (χ3n) is 4.18. The molecule has 0 aliphatic heterocycles. The molecule has 2 aromatic carbocycles. The molecule has 2 aromatic heterocycles. The van der Waals surface area contributed by atoms with Crippen molar-refractivity contribution in [1.29, 1.82) is 0 Å². The van der Waals surface area contributed by atoms with Crippen molar-refractivity contribution in [2.24, 2.45) is 0 Å². The average molecular weight is 525 g/mol. The van der Waals surface area contributed by atoms with E-state index in [1.807, 2.05) is 36.4 Å². The summed E-state index contributed by atoms with van der Waals surface area (Å²) in [4.78, 5) is 5.53. The van der Waals surface area contributed by atoms with E-state index in [1.165, 1.54) is 11.3 Å². The Kier molecular flexibility index (Phi) is 5.31. The number of ether oxygens (including phenoxy) is 3. The lowest BCUT2D eigenvalue weighted by Gasteiger charge is -2.13. The highest BCUT2D eigenvalue weighted by atomic mass is 79.9. The Morgan fingerprint density at radius 3 is 2.07 bits per heavy atom. The fourth-order valence-corrected chi connectivity index (χ4v) is 4.67. The molecule has 0 saturated heterocycles. The van der Waals surface area contributed by atoms with E-state index >= 15 is 0 Å². The fourth-order valence-electron chi connectivity index (χ4n) is 2.84. The van der Waals surface area contributed by atoms with Gasteiger partial charge in [0, 0.05) is 15.6 Å². The number of nitrogens with zero attached hydrogens (tertiary/aromatic N) is 3. The molecule has 0 bridgehead atoms. The first kappa shape index (κ1) is 19.2. The molecular weight excluding hydrogens is 510 g/mol. The van der Waals surface area contributed by atoms with Crippen molar-refractivity contribution in [2.75, 3.05) is 21.3 Å². The summed E-state index contributed by atoms with van der Waals surface area (Å²) in [5, 5.41) is 5.51. The summed E-state index contributed by atoms with van der Waals surface area (Å²) in [5.74, 6) is 1.72. The lowest BCUT2D eigenvalue weighted by Crippen LogP contribution is -1.96. The van der Waals surface area contributed by atoms with E-state index in [0.29, 0.717) is 17.2 Å². The molecule has 0 aliphatic rings. The third kappa shape index (κ3) is 3.27. The minimum Gasteiger partial charge on any atom is -0.493 e. The summed E-state index contributed by atoms with van der Waals surface area (Å²) in [6.07, 6.45) is 0. The molecule has 0 aliphatic carbocycles. The quantitative estimate of drug-likeness (QED) is 0.336. The summed E-state index contributed by atoms with van der Waals surface area (Å²) < 4.78 is 19.9. The zero-order valence-electron chi connectivity index (χ0n) is 15.2. The Bertz CT molecular complexity index is 1130. The predicted octanol–water partition coefficient (Wildman–Crippen LogP) is 5.68. The topological polar surface area (TPSA) is 57.9 Å². The average Bonchev–Trinajstić information content (AvgIpc) is 3.27. The summed E-state index contributed by atoms with van der Waals surface area (Å²) in [6.45, 7) is 0. The Morgan fingerprint density at radius 2 is 1.54 bits per heavy atom. The largest absolute Gasteiger partial charge is 0.493 e. The molecule has 28 heavy (non-hydrogen) atoms. The highest BCUT2D eigenvalue weighted by molar-refractivity contribution is 9.10. The van der Waals surface area contributed by atoms with Gasteiger partial charge in [-0.15, -0.1) is 0 Å². The van der Waals surface area contributed by atoms with Gasteiger partial charge in [-0.05, 0) is 40.2 Å². The Labute approximate surface area is 182 Å². The first-order valence-corrected chi connectivity index (χ1v) is 10.6. The van der Waals surface area contributed by atoms with Gasteiger partial charge in [-0.25, -0.2) is 4.98 Å². The molecule has 144 valence electrons. The van der Waals surface area contributed by atoms with Crippen molar-refractivity contribution in [3.63, 3.8) is 0 Å². The number of benzene rings is 2. The molecule has 0 atom stereocenters. The van der Waals surface area contributed by atoms with Crippen molar-refractivity contribution >= 4 is 48.2 Å². The Balaban J connectivity index is 1.80. The third-order valence-corrected chi connectivity index (χ3v) is 6.38. The van der Waals surface area contributed by atoms with Crippen LogP contribution in [-0.2, 0) is 0 Å². The van der Waals surface area contributed by atoms with Crippen LogP contribution in [0.2, 0.25) is 0 Å². The molecule has 4 rings (SSSR count). The van der Waals surface area contributed by atoms with Gasteiger partial charge in [0.05, 0.1) is 21.3 Å². The molecule has 0 unspecified atom stereocenters. The smallest absolute Gasteiger partial charge is 0.214 e. The lowest BCUT2D eigenvalue weighted by molar-refractivity contribution is 0.324. The van der Waals surface area contributed by atoms with Crippen LogP contribution in [0.5, 0.6) is 17.2 Å². The predicted molar refractivity (Wildman–Crippen MR) is 117 cm³/mol. The molecule has 2 heterocycles.